The smallest absolute Gasteiger partial charge is 0.294 e. The first-order valence-electron chi connectivity index (χ1n) is 14.0. The fraction of sp³-hybridized carbons (Fsp3) is 0.294. The second kappa shape index (κ2) is 11.2. The number of carbonyl (C=O) groups excluding carboxylic acids is 1. The van der Waals surface area contributed by atoms with E-state index in [9.17, 15) is 20.2 Å². The average Bonchev–Trinajstić information content (AvgIpc) is 2.93. The summed E-state index contributed by atoms with van der Waals surface area (Å²) < 4.78 is 6.10. The number of hydrogen-bond donors (Lipinski definition) is 1. The van der Waals surface area contributed by atoms with Crippen LogP contribution in [0.1, 0.15) is 60.4 Å². The minimum Gasteiger partial charge on any atom is -0.489 e. The van der Waals surface area contributed by atoms with Gasteiger partial charge in [0.25, 0.3) is 5.69 Å². The van der Waals surface area contributed by atoms with E-state index >= 15 is 0 Å². The van der Waals surface area contributed by atoms with Gasteiger partial charge in [-0.3, -0.25) is 19.8 Å². The van der Waals surface area contributed by atoms with E-state index in [-0.39, 0.29) is 40.0 Å². The van der Waals surface area contributed by atoms with E-state index in [0.29, 0.717) is 24.3 Å². The molecule has 3 aromatic carbocycles. The monoisotopic (exact) mass is 596 g/mol. The summed E-state index contributed by atoms with van der Waals surface area (Å²) in [6.45, 7) is 10.2. The first kappa shape index (κ1) is 29.9. The maximum atomic E-state index is 14.0. The zero-order valence-electron chi connectivity index (χ0n) is 24.8. The van der Waals surface area contributed by atoms with Gasteiger partial charge in [-0.1, -0.05) is 55.3 Å². The highest BCUT2D eigenvalue weighted by molar-refractivity contribution is 6.31. The van der Waals surface area contributed by atoms with Crippen LogP contribution >= 0.6 is 11.6 Å². The number of nitro groups is 1. The number of nitriles is 1. The van der Waals surface area contributed by atoms with Crippen molar-refractivity contribution in [3.63, 3.8) is 0 Å². The second-order valence-corrected chi connectivity index (χ2v) is 12.5. The Morgan fingerprint density at radius 1 is 1.09 bits per heavy atom. The molecule has 1 heterocycles. The van der Waals surface area contributed by atoms with Crippen molar-refractivity contribution < 1.29 is 14.5 Å². The average molecular weight is 597 g/mol. The summed E-state index contributed by atoms with van der Waals surface area (Å²) in [5.74, 6) is -0.0541. The number of ketones is 1. The van der Waals surface area contributed by atoms with Crippen LogP contribution in [0, 0.1) is 47.6 Å². The van der Waals surface area contributed by atoms with Crippen molar-refractivity contribution in [2.45, 2.75) is 60.0 Å². The number of nitrogens with zero attached hydrogens (tertiary/aromatic N) is 3. The number of aryl methyl sites for hydroxylation is 3. The van der Waals surface area contributed by atoms with Gasteiger partial charge in [0.15, 0.2) is 5.78 Å². The lowest BCUT2D eigenvalue weighted by Crippen LogP contribution is -2.42. The van der Waals surface area contributed by atoms with Gasteiger partial charge in [-0.05, 0) is 79.1 Å². The second-order valence-electron chi connectivity index (χ2n) is 12.1. The molecular formula is C34H33ClN4O4. The number of benzene rings is 3. The number of hydrogen-bond acceptors (Lipinski definition) is 7. The van der Waals surface area contributed by atoms with Gasteiger partial charge in [0, 0.05) is 28.8 Å². The first-order valence-corrected chi connectivity index (χ1v) is 14.4. The molecule has 1 aliphatic carbocycles. The fourth-order valence-corrected chi connectivity index (χ4v) is 6.27. The number of ether oxygens (including phenoxy) is 1. The van der Waals surface area contributed by atoms with E-state index in [1.165, 1.54) is 23.1 Å². The lowest BCUT2D eigenvalue weighted by atomic mass is 9.68. The van der Waals surface area contributed by atoms with E-state index in [1.807, 2.05) is 71.0 Å². The van der Waals surface area contributed by atoms with Crippen molar-refractivity contribution in [2.24, 2.45) is 11.1 Å². The number of nitro benzene ring substituents is 1. The highest BCUT2D eigenvalue weighted by Gasteiger charge is 2.46. The number of allylic oxidation sites excluding steroid dienone is 3. The molecular weight excluding hydrogens is 564 g/mol. The van der Waals surface area contributed by atoms with Gasteiger partial charge in [-0.2, -0.15) is 5.26 Å². The van der Waals surface area contributed by atoms with Gasteiger partial charge in [0.05, 0.1) is 22.5 Å². The zero-order valence-corrected chi connectivity index (χ0v) is 25.6. The van der Waals surface area contributed by atoms with E-state index in [0.717, 1.165) is 33.6 Å². The summed E-state index contributed by atoms with van der Waals surface area (Å²) in [7, 11) is 0. The Hall–Kier alpha value is -4.61. The van der Waals surface area contributed by atoms with Crippen molar-refractivity contribution in [3.8, 4) is 11.8 Å². The summed E-state index contributed by atoms with van der Waals surface area (Å²) in [4.78, 5) is 27.1. The number of Topliss-reactive ketones (excluding diaryl/α,β-unsaturated/α-hetero) is 1. The summed E-state index contributed by atoms with van der Waals surface area (Å²) in [6.07, 6.45) is 0.698. The normalized spacial score (nSPS) is 17.9. The van der Waals surface area contributed by atoms with Gasteiger partial charge in [-0.15, -0.1) is 0 Å². The molecule has 1 aliphatic heterocycles. The van der Waals surface area contributed by atoms with Crippen LogP contribution in [0.25, 0.3) is 0 Å². The molecule has 1 atom stereocenters. The highest BCUT2D eigenvalue weighted by atomic mass is 35.5. The van der Waals surface area contributed by atoms with E-state index < -0.39 is 16.3 Å². The summed E-state index contributed by atoms with van der Waals surface area (Å²) in [5, 5.41) is 22.8. The fourth-order valence-electron chi connectivity index (χ4n) is 6.11. The molecule has 0 saturated heterocycles. The molecule has 8 nitrogen and oxygen atoms in total. The van der Waals surface area contributed by atoms with Crippen LogP contribution in [-0.2, 0) is 11.4 Å². The van der Waals surface area contributed by atoms with E-state index in [2.05, 4.69) is 6.07 Å². The lowest BCUT2D eigenvalue weighted by molar-refractivity contribution is -0.384. The Labute approximate surface area is 256 Å². The third kappa shape index (κ3) is 5.61. The Morgan fingerprint density at radius 2 is 1.79 bits per heavy atom. The Kier molecular flexibility index (Phi) is 7.80. The Balaban J connectivity index is 1.70. The highest BCUT2D eigenvalue weighted by Crippen LogP contribution is 2.52. The number of rotatable bonds is 6. The zero-order chi connectivity index (χ0) is 31.2. The van der Waals surface area contributed by atoms with Crippen molar-refractivity contribution in [3.05, 3.63) is 120 Å². The van der Waals surface area contributed by atoms with E-state index in [1.54, 1.807) is 0 Å². The standard InChI is InChI=1S/C34H33ClN4O4/c1-19-6-9-24(10-7-19)43-18-22-13-25(21(3)12-20(22)2)31-26(17-36)33(37)38(27-11-8-23(35)14-28(27)39(41)42)29-15-34(4,5)16-30(40)32(29)31/h6-14,31H,15-16,18,37H2,1-5H3. The number of carbonyl (C=O) groups is 1. The van der Waals surface area contributed by atoms with Gasteiger partial charge < -0.3 is 10.5 Å². The Morgan fingerprint density at radius 3 is 2.44 bits per heavy atom. The number of anilines is 1. The molecule has 0 radical (unpaired) electrons. The lowest BCUT2D eigenvalue weighted by Gasteiger charge is -2.43. The summed E-state index contributed by atoms with van der Waals surface area (Å²) in [5.41, 5.74) is 12.1. The van der Waals surface area contributed by atoms with Crippen LogP contribution < -0.4 is 15.4 Å². The van der Waals surface area contributed by atoms with Crippen LogP contribution in [0.3, 0.4) is 0 Å². The SMILES string of the molecule is Cc1ccc(OCc2cc(C3C(C#N)=C(N)N(c4ccc(Cl)cc4[N+](=O)[O-])C4=C3C(=O)CC(C)(C)C4)c(C)cc2C)cc1. The molecule has 0 aromatic heterocycles. The molecule has 9 heteroatoms. The molecule has 1 unspecified atom stereocenters. The molecule has 5 rings (SSSR count). The van der Waals surface area contributed by atoms with Gasteiger partial charge >= 0.3 is 0 Å². The largest absolute Gasteiger partial charge is 0.489 e. The van der Waals surface area contributed by atoms with Crippen LogP contribution in [0.5, 0.6) is 5.75 Å². The minimum atomic E-state index is -0.732. The maximum Gasteiger partial charge on any atom is 0.294 e. The number of halogens is 1. The molecule has 0 bridgehead atoms. The molecule has 2 N–H and O–H groups in total. The maximum absolute atomic E-state index is 14.0. The van der Waals surface area contributed by atoms with Gasteiger partial charge in [0.1, 0.15) is 23.9 Å². The van der Waals surface area contributed by atoms with Gasteiger partial charge in [-0.25, -0.2) is 0 Å². The van der Waals surface area contributed by atoms with Crippen molar-refractivity contribution in [1.82, 2.24) is 0 Å². The van der Waals surface area contributed by atoms with Crippen molar-refractivity contribution in [2.75, 3.05) is 4.90 Å². The topological polar surface area (TPSA) is 122 Å². The number of nitrogens with two attached hydrogens (primary N) is 1. The summed E-state index contributed by atoms with van der Waals surface area (Å²) in [6, 6.07) is 18.4. The van der Waals surface area contributed by atoms with Crippen LogP contribution in [0.4, 0.5) is 11.4 Å². The van der Waals surface area contributed by atoms with E-state index in [4.69, 9.17) is 22.1 Å². The molecule has 0 fully saturated rings. The third-order valence-electron chi connectivity index (χ3n) is 8.21. The van der Waals surface area contributed by atoms with Crippen molar-refractivity contribution in [1.29, 1.82) is 5.26 Å². The predicted octanol–water partition coefficient (Wildman–Crippen LogP) is 7.69. The molecule has 43 heavy (non-hydrogen) atoms. The molecule has 2 aliphatic rings. The third-order valence-corrected chi connectivity index (χ3v) is 8.44. The molecule has 3 aromatic rings. The predicted molar refractivity (Wildman–Crippen MR) is 167 cm³/mol. The van der Waals surface area contributed by atoms with Crippen LogP contribution in [-0.4, -0.2) is 10.7 Å². The summed E-state index contributed by atoms with van der Waals surface area (Å²) >= 11 is 6.12. The molecule has 0 amide bonds. The molecule has 0 spiro atoms. The minimum absolute atomic E-state index is 0.0552. The quantitative estimate of drug-likeness (QED) is 0.228. The molecule has 220 valence electrons. The molecule has 0 saturated carbocycles. The van der Waals surface area contributed by atoms with Crippen LogP contribution in [0.2, 0.25) is 5.02 Å². The van der Waals surface area contributed by atoms with Gasteiger partial charge in [0.2, 0.25) is 0 Å². The Bertz CT molecular complexity index is 1770. The first-order chi connectivity index (χ1) is 20.3. The van der Waals surface area contributed by atoms with Crippen LogP contribution in [0.15, 0.2) is 77.3 Å². The van der Waals surface area contributed by atoms with Crippen molar-refractivity contribution >= 4 is 28.8 Å².